The first-order chi connectivity index (χ1) is 11.6. The van der Waals surface area contributed by atoms with Crippen molar-refractivity contribution >= 4 is 16.7 Å². The van der Waals surface area contributed by atoms with Crippen LogP contribution in [0.15, 0.2) is 60.7 Å². The fraction of sp³-hybridized carbons (Fsp3) is 0.105. The molecule has 0 fully saturated rings. The van der Waals surface area contributed by atoms with Gasteiger partial charge in [-0.25, -0.2) is 8.78 Å². The summed E-state index contributed by atoms with van der Waals surface area (Å²) in [5.74, 6) is -3.07. The summed E-state index contributed by atoms with van der Waals surface area (Å²) in [5.41, 5.74) is 0.288. The van der Waals surface area contributed by atoms with E-state index < -0.39 is 29.1 Å². The number of carbonyl (C=O) groups excluding carboxylic acids is 1. The molecule has 0 saturated carbocycles. The van der Waals surface area contributed by atoms with E-state index in [-0.39, 0.29) is 6.61 Å². The lowest BCUT2D eigenvalue weighted by Crippen LogP contribution is -2.31. The average Bonchev–Trinajstić information content (AvgIpc) is 2.61. The molecule has 3 nitrogen and oxygen atoms in total. The van der Waals surface area contributed by atoms with Gasteiger partial charge in [-0.05, 0) is 34.5 Å². The van der Waals surface area contributed by atoms with Gasteiger partial charge in [0.05, 0.1) is 18.2 Å². The number of hydrogen-bond donors (Lipinski definition) is 2. The molecule has 0 unspecified atom stereocenters. The number of aliphatic hydroxyl groups is 1. The van der Waals surface area contributed by atoms with E-state index in [4.69, 9.17) is 0 Å². The smallest absolute Gasteiger partial charge is 0.254 e. The molecule has 5 heteroatoms. The first-order valence-corrected chi connectivity index (χ1v) is 7.44. The van der Waals surface area contributed by atoms with E-state index >= 15 is 0 Å². The number of hydrogen-bond acceptors (Lipinski definition) is 2. The first-order valence-electron chi connectivity index (χ1n) is 7.44. The molecule has 0 bridgehead atoms. The van der Waals surface area contributed by atoms with Crippen LogP contribution < -0.4 is 5.32 Å². The topological polar surface area (TPSA) is 49.3 Å². The van der Waals surface area contributed by atoms with Crippen LogP contribution in [-0.2, 0) is 0 Å². The second-order valence-electron chi connectivity index (χ2n) is 5.42. The minimum atomic E-state index is -1.20. The Kier molecular flexibility index (Phi) is 4.53. The molecule has 0 aliphatic rings. The van der Waals surface area contributed by atoms with Gasteiger partial charge in [-0.1, -0.05) is 42.5 Å². The molecule has 0 spiro atoms. The predicted octanol–water partition coefficient (Wildman–Crippen LogP) is 3.58. The Morgan fingerprint density at radius 2 is 1.75 bits per heavy atom. The van der Waals surface area contributed by atoms with Crippen LogP contribution >= 0.6 is 0 Å². The number of halogens is 2. The molecular formula is C19H15F2NO2. The SMILES string of the molecule is O=C(N[C@@H](CO)c1ccc2ccccc2c1)c1cccc(F)c1F. The summed E-state index contributed by atoms with van der Waals surface area (Å²) in [4.78, 5) is 12.2. The van der Waals surface area contributed by atoms with Crippen molar-refractivity contribution in [1.82, 2.24) is 5.32 Å². The molecule has 0 heterocycles. The molecule has 3 rings (SSSR count). The molecule has 3 aromatic rings. The van der Waals surface area contributed by atoms with Crippen molar-refractivity contribution in [3.63, 3.8) is 0 Å². The summed E-state index contributed by atoms with van der Waals surface area (Å²) in [6.45, 7) is -0.360. The molecule has 0 aliphatic heterocycles. The van der Waals surface area contributed by atoms with Gasteiger partial charge in [-0.15, -0.1) is 0 Å². The van der Waals surface area contributed by atoms with Gasteiger partial charge in [0.1, 0.15) is 0 Å². The Labute approximate surface area is 137 Å². The summed E-state index contributed by atoms with van der Waals surface area (Å²) in [6.07, 6.45) is 0. The Hall–Kier alpha value is -2.79. The Morgan fingerprint density at radius 1 is 1.00 bits per heavy atom. The number of aliphatic hydroxyl groups excluding tert-OH is 1. The van der Waals surface area contributed by atoms with Gasteiger partial charge in [0.2, 0.25) is 0 Å². The molecule has 0 radical (unpaired) electrons. The fourth-order valence-corrected chi connectivity index (χ4v) is 2.57. The molecule has 3 aromatic carbocycles. The van der Waals surface area contributed by atoms with E-state index in [9.17, 15) is 18.7 Å². The number of fused-ring (bicyclic) bond motifs is 1. The largest absolute Gasteiger partial charge is 0.394 e. The van der Waals surface area contributed by atoms with E-state index in [1.807, 2.05) is 36.4 Å². The zero-order chi connectivity index (χ0) is 17.1. The minimum absolute atomic E-state index is 0.360. The molecule has 2 N–H and O–H groups in total. The van der Waals surface area contributed by atoms with Gasteiger partial charge in [0.25, 0.3) is 5.91 Å². The number of carbonyl (C=O) groups is 1. The van der Waals surface area contributed by atoms with E-state index in [2.05, 4.69) is 5.32 Å². The van der Waals surface area contributed by atoms with Crippen LogP contribution in [-0.4, -0.2) is 17.6 Å². The van der Waals surface area contributed by atoms with Crippen LogP contribution in [0.2, 0.25) is 0 Å². The van der Waals surface area contributed by atoms with Crippen molar-refractivity contribution in [3.05, 3.63) is 83.4 Å². The molecule has 1 amide bonds. The third-order valence-electron chi connectivity index (χ3n) is 3.86. The van der Waals surface area contributed by atoms with Crippen LogP contribution in [0, 0.1) is 11.6 Å². The van der Waals surface area contributed by atoms with Crippen molar-refractivity contribution in [1.29, 1.82) is 0 Å². The minimum Gasteiger partial charge on any atom is -0.394 e. The van der Waals surface area contributed by atoms with E-state index in [0.29, 0.717) is 5.56 Å². The Bertz CT molecular complexity index is 895. The quantitative estimate of drug-likeness (QED) is 0.769. The maximum absolute atomic E-state index is 13.7. The molecule has 1 atom stereocenters. The third kappa shape index (κ3) is 3.12. The van der Waals surface area contributed by atoms with Gasteiger partial charge in [0.15, 0.2) is 11.6 Å². The normalized spacial score (nSPS) is 12.1. The van der Waals surface area contributed by atoms with Gasteiger partial charge in [-0.2, -0.15) is 0 Å². The highest BCUT2D eigenvalue weighted by Gasteiger charge is 2.19. The van der Waals surface area contributed by atoms with Crippen LogP contribution in [0.25, 0.3) is 10.8 Å². The highest BCUT2D eigenvalue weighted by molar-refractivity contribution is 5.94. The summed E-state index contributed by atoms with van der Waals surface area (Å²) in [7, 11) is 0. The number of rotatable bonds is 4. The van der Waals surface area contributed by atoms with Gasteiger partial charge in [-0.3, -0.25) is 4.79 Å². The van der Waals surface area contributed by atoms with Crippen molar-refractivity contribution < 1.29 is 18.7 Å². The average molecular weight is 327 g/mol. The summed E-state index contributed by atoms with van der Waals surface area (Å²) >= 11 is 0. The van der Waals surface area contributed by atoms with Crippen molar-refractivity contribution in [2.75, 3.05) is 6.61 Å². The van der Waals surface area contributed by atoms with Crippen LogP contribution in [0.3, 0.4) is 0 Å². The van der Waals surface area contributed by atoms with E-state index in [1.54, 1.807) is 6.07 Å². The highest BCUT2D eigenvalue weighted by atomic mass is 19.2. The second kappa shape index (κ2) is 6.76. The van der Waals surface area contributed by atoms with Crippen LogP contribution in [0.5, 0.6) is 0 Å². The predicted molar refractivity (Wildman–Crippen MR) is 87.6 cm³/mol. The van der Waals surface area contributed by atoms with Crippen molar-refractivity contribution in [2.45, 2.75) is 6.04 Å². The maximum atomic E-state index is 13.7. The number of amides is 1. The van der Waals surface area contributed by atoms with Crippen molar-refractivity contribution in [3.8, 4) is 0 Å². The maximum Gasteiger partial charge on any atom is 0.254 e. The lowest BCUT2D eigenvalue weighted by molar-refractivity contribution is 0.0911. The lowest BCUT2D eigenvalue weighted by Gasteiger charge is -2.17. The van der Waals surface area contributed by atoms with E-state index in [0.717, 1.165) is 16.8 Å². The molecule has 0 aliphatic carbocycles. The van der Waals surface area contributed by atoms with Gasteiger partial charge in [0, 0.05) is 0 Å². The zero-order valence-electron chi connectivity index (χ0n) is 12.7. The highest BCUT2D eigenvalue weighted by Crippen LogP contribution is 2.21. The molecule has 122 valence electrons. The van der Waals surface area contributed by atoms with Crippen molar-refractivity contribution in [2.24, 2.45) is 0 Å². The molecule has 24 heavy (non-hydrogen) atoms. The van der Waals surface area contributed by atoms with Gasteiger partial charge < -0.3 is 10.4 Å². The van der Waals surface area contributed by atoms with Gasteiger partial charge >= 0.3 is 0 Å². The summed E-state index contributed by atoms with van der Waals surface area (Å²) in [6, 6.07) is 15.9. The standard InChI is InChI=1S/C19H15F2NO2/c20-16-7-3-6-15(18(16)21)19(24)22-17(11-23)14-9-8-12-4-1-2-5-13(12)10-14/h1-10,17,23H,11H2,(H,22,24)/t17-/m0/s1. The zero-order valence-corrected chi connectivity index (χ0v) is 12.7. The molecule has 0 aromatic heterocycles. The third-order valence-corrected chi connectivity index (χ3v) is 3.86. The van der Waals surface area contributed by atoms with E-state index in [1.165, 1.54) is 12.1 Å². The summed E-state index contributed by atoms with van der Waals surface area (Å²) in [5, 5.41) is 14.1. The monoisotopic (exact) mass is 327 g/mol. The Balaban J connectivity index is 1.88. The van der Waals surface area contributed by atoms with Crippen LogP contribution in [0.1, 0.15) is 22.0 Å². The number of benzene rings is 3. The number of nitrogens with one attached hydrogen (secondary N) is 1. The lowest BCUT2D eigenvalue weighted by atomic mass is 10.0. The summed E-state index contributed by atoms with van der Waals surface area (Å²) < 4.78 is 27.0. The first kappa shape index (κ1) is 16.1. The Morgan fingerprint density at radius 3 is 2.50 bits per heavy atom. The molecular weight excluding hydrogens is 312 g/mol. The fourth-order valence-electron chi connectivity index (χ4n) is 2.57. The molecule has 0 saturated heterocycles. The second-order valence-corrected chi connectivity index (χ2v) is 5.42. The van der Waals surface area contributed by atoms with Crippen LogP contribution in [0.4, 0.5) is 8.78 Å².